The van der Waals surface area contributed by atoms with E-state index in [9.17, 15) is 18.0 Å². The zero-order chi connectivity index (χ0) is 22.0. The molecule has 31 heavy (non-hydrogen) atoms. The summed E-state index contributed by atoms with van der Waals surface area (Å²) in [4.78, 5) is 17.1. The highest BCUT2D eigenvalue weighted by Crippen LogP contribution is 2.31. The highest BCUT2D eigenvalue weighted by molar-refractivity contribution is 9.10. The number of amides is 1. The van der Waals surface area contributed by atoms with Gasteiger partial charge in [0.05, 0.1) is 17.4 Å². The number of hydrogen-bond acceptors (Lipinski definition) is 4. The van der Waals surface area contributed by atoms with Crippen LogP contribution in [0.1, 0.15) is 28.8 Å². The van der Waals surface area contributed by atoms with Crippen molar-refractivity contribution in [3.8, 4) is 0 Å². The zero-order valence-corrected chi connectivity index (χ0v) is 17.8. The minimum Gasteiger partial charge on any atom is -0.438 e. The number of nitrogens with one attached hydrogen (secondary N) is 1. The predicted molar refractivity (Wildman–Crippen MR) is 112 cm³/mol. The van der Waals surface area contributed by atoms with E-state index in [4.69, 9.17) is 9.15 Å². The van der Waals surface area contributed by atoms with E-state index in [2.05, 4.69) is 26.2 Å². The first-order chi connectivity index (χ1) is 14.8. The Kier molecular flexibility index (Phi) is 6.15. The molecule has 2 aromatic carbocycles. The van der Waals surface area contributed by atoms with Gasteiger partial charge in [0, 0.05) is 23.0 Å². The average molecular weight is 495 g/mol. The summed E-state index contributed by atoms with van der Waals surface area (Å²) < 4.78 is 51.3. The van der Waals surface area contributed by atoms with E-state index in [0.717, 1.165) is 29.4 Å². The molecule has 1 fully saturated rings. The van der Waals surface area contributed by atoms with Gasteiger partial charge in [0.25, 0.3) is 5.91 Å². The van der Waals surface area contributed by atoms with Crippen molar-refractivity contribution in [2.24, 2.45) is 4.99 Å². The van der Waals surface area contributed by atoms with E-state index in [0.29, 0.717) is 24.1 Å². The summed E-state index contributed by atoms with van der Waals surface area (Å²) in [5.74, 6) is -0.438. The van der Waals surface area contributed by atoms with Gasteiger partial charge < -0.3 is 14.5 Å². The Hall–Kier alpha value is -2.65. The predicted octanol–water partition coefficient (Wildman–Crippen LogP) is 5.36. The molecule has 3 aromatic rings. The van der Waals surface area contributed by atoms with Gasteiger partial charge in [-0.2, -0.15) is 13.2 Å². The Morgan fingerprint density at radius 2 is 2.03 bits per heavy atom. The second kappa shape index (κ2) is 8.84. The number of benzene rings is 2. The summed E-state index contributed by atoms with van der Waals surface area (Å²) in [6, 6.07) is 11.4. The lowest BCUT2D eigenvalue weighted by Crippen LogP contribution is -2.34. The van der Waals surface area contributed by atoms with Crippen molar-refractivity contribution < 1.29 is 27.1 Å². The molecule has 1 unspecified atom stereocenters. The van der Waals surface area contributed by atoms with Crippen molar-refractivity contribution in [2.45, 2.75) is 25.1 Å². The summed E-state index contributed by atoms with van der Waals surface area (Å²) in [7, 11) is 0. The first-order valence-electron chi connectivity index (χ1n) is 9.65. The molecule has 1 saturated heterocycles. The Morgan fingerprint density at radius 1 is 1.19 bits per heavy atom. The van der Waals surface area contributed by atoms with Gasteiger partial charge in [0.2, 0.25) is 5.55 Å². The second-order valence-corrected chi connectivity index (χ2v) is 8.07. The van der Waals surface area contributed by atoms with Crippen LogP contribution in [0.5, 0.6) is 0 Å². The molecule has 9 heteroatoms. The third-order valence-electron chi connectivity index (χ3n) is 4.87. The maximum Gasteiger partial charge on any atom is 0.416 e. The molecule has 5 nitrogen and oxygen atoms in total. The number of ether oxygens (including phenoxy) is 1. The average Bonchev–Trinajstić information content (AvgIpc) is 3.25. The smallest absolute Gasteiger partial charge is 0.416 e. The summed E-state index contributed by atoms with van der Waals surface area (Å²) in [6.07, 6.45) is -2.76. The number of nitrogens with zero attached hydrogens (tertiary/aromatic N) is 1. The molecule has 1 atom stereocenters. The van der Waals surface area contributed by atoms with Crippen LogP contribution in [0.2, 0.25) is 0 Å². The van der Waals surface area contributed by atoms with Gasteiger partial charge in [-0.3, -0.25) is 4.79 Å². The summed E-state index contributed by atoms with van der Waals surface area (Å²) in [5, 5.41) is 3.46. The SMILES string of the molecule is O=C(NCC1CCCO1)c1cc2cc(Br)ccc2oc1=Nc1cccc(C(F)(F)F)c1. The van der Waals surface area contributed by atoms with Gasteiger partial charge in [-0.1, -0.05) is 22.0 Å². The highest BCUT2D eigenvalue weighted by atomic mass is 79.9. The number of rotatable bonds is 4. The number of carbonyl (C=O) groups excluding carboxylic acids is 1. The molecule has 1 aliphatic heterocycles. The molecule has 0 spiro atoms. The van der Waals surface area contributed by atoms with Crippen LogP contribution in [0.15, 0.2) is 62.4 Å². The third-order valence-corrected chi connectivity index (χ3v) is 5.36. The molecular weight excluding hydrogens is 477 g/mol. The molecule has 162 valence electrons. The second-order valence-electron chi connectivity index (χ2n) is 7.15. The maximum absolute atomic E-state index is 13.1. The van der Waals surface area contributed by atoms with Gasteiger partial charge in [-0.05, 0) is 55.3 Å². The molecular formula is C22H18BrF3N2O3. The van der Waals surface area contributed by atoms with Gasteiger partial charge in [-0.25, -0.2) is 4.99 Å². The number of carbonyl (C=O) groups is 1. The topological polar surface area (TPSA) is 63.8 Å². The van der Waals surface area contributed by atoms with E-state index in [1.807, 2.05) is 0 Å². The fraction of sp³-hybridized carbons (Fsp3) is 0.273. The number of hydrogen-bond donors (Lipinski definition) is 1. The fourth-order valence-corrected chi connectivity index (χ4v) is 3.70. The standard InChI is InChI=1S/C22H18BrF3N2O3/c23-15-6-7-19-13(9-15)10-18(20(29)27-12-17-5-2-8-30-17)21(31-19)28-16-4-1-3-14(11-16)22(24,25)26/h1,3-4,6-7,9-11,17H,2,5,8,12H2,(H,27,29). The molecule has 1 aliphatic rings. The number of alkyl halides is 3. The number of halogens is 4. The van der Waals surface area contributed by atoms with Crippen LogP contribution in [0, 0.1) is 0 Å². The summed E-state index contributed by atoms with van der Waals surface area (Å²) >= 11 is 3.38. The van der Waals surface area contributed by atoms with E-state index in [1.165, 1.54) is 12.1 Å². The largest absolute Gasteiger partial charge is 0.438 e. The zero-order valence-electron chi connectivity index (χ0n) is 16.2. The van der Waals surface area contributed by atoms with Crippen molar-refractivity contribution in [3.63, 3.8) is 0 Å². The minimum absolute atomic E-state index is 0.0308. The van der Waals surface area contributed by atoms with Gasteiger partial charge in [-0.15, -0.1) is 0 Å². The molecule has 2 heterocycles. The summed E-state index contributed by atoms with van der Waals surface area (Å²) in [5.41, 5.74) is -0.296. The van der Waals surface area contributed by atoms with Crippen LogP contribution >= 0.6 is 15.9 Å². The van der Waals surface area contributed by atoms with Crippen molar-refractivity contribution in [2.75, 3.05) is 13.2 Å². The number of fused-ring (bicyclic) bond motifs is 1. The lowest BCUT2D eigenvalue weighted by molar-refractivity contribution is -0.137. The quantitative estimate of drug-likeness (QED) is 0.531. The first kappa shape index (κ1) is 21.6. The molecule has 1 aromatic heterocycles. The van der Waals surface area contributed by atoms with Gasteiger partial charge >= 0.3 is 6.18 Å². The Morgan fingerprint density at radius 3 is 2.77 bits per heavy atom. The van der Waals surface area contributed by atoms with Crippen molar-refractivity contribution in [1.82, 2.24) is 5.32 Å². The highest BCUT2D eigenvalue weighted by Gasteiger charge is 2.30. The van der Waals surface area contributed by atoms with Crippen LogP contribution in [-0.2, 0) is 10.9 Å². The Balaban J connectivity index is 1.77. The van der Waals surface area contributed by atoms with Gasteiger partial charge in [0.1, 0.15) is 11.1 Å². The van der Waals surface area contributed by atoms with Crippen LogP contribution in [-0.4, -0.2) is 25.2 Å². The van der Waals surface area contributed by atoms with Crippen LogP contribution in [0.4, 0.5) is 18.9 Å². The van der Waals surface area contributed by atoms with Crippen molar-refractivity contribution >= 4 is 38.5 Å². The van der Waals surface area contributed by atoms with Crippen molar-refractivity contribution in [1.29, 1.82) is 0 Å². The molecule has 0 radical (unpaired) electrons. The Labute approximate surface area is 184 Å². The minimum atomic E-state index is -4.50. The molecule has 1 N–H and O–H groups in total. The van der Waals surface area contributed by atoms with Crippen LogP contribution in [0.25, 0.3) is 11.0 Å². The molecule has 0 aliphatic carbocycles. The lowest BCUT2D eigenvalue weighted by atomic mass is 10.1. The first-order valence-corrected chi connectivity index (χ1v) is 10.4. The van der Waals surface area contributed by atoms with E-state index < -0.39 is 17.6 Å². The molecule has 0 bridgehead atoms. The van der Waals surface area contributed by atoms with Crippen molar-refractivity contribution in [3.05, 3.63) is 69.7 Å². The van der Waals surface area contributed by atoms with E-state index in [1.54, 1.807) is 24.3 Å². The van der Waals surface area contributed by atoms with Crippen LogP contribution < -0.4 is 10.9 Å². The normalized spacial score (nSPS) is 17.3. The van der Waals surface area contributed by atoms with E-state index >= 15 is 0 Å². The van der Waals surface area contributed by atoms with Crippen LogP contribution in [0.3, 0.4) is 0 Å². The lowest BCUT2D eigenvalue weighted by Gasteiger charge is -2.11. The van der Waals surface area contributed by atoms with Gasteiger partial charge in [0.15, 0.2) is 0 Å². The molecule has 1 amide bonds. The third kappa shape index (κ3) is 5.16. The maximum atomic E-state index is 13.1. The fourth-order valence-electron chi connectivity index (χ4n) is 3.32. The molecule has 4 rings (SSSR count). The van der Waals surface area contributed by atoms with E-state index in [-0.39, 0.29) is 22.9 Å². The summed E-state index contributed by atoms with van der Waals surface area (Å²) in [6.45, 7) is 0.994. The monoisotopic (exact) mass is 494 g/mol. The Bertz CT molecular complexity index is 1180. The molecule has 0 saturated carbocycles.